The first-order chi connectivity index (χ1) is 13.5. The van der Waals surface area contributed by atoms with Gasteiger partial charge in [0.1, 0.15) is 11.6 Å². The molecular weight excluding hydrogens is 372 g/mol. The molecule has 0 unspecified atom stereocenters. The van der Waals surface area contributed by atoms with Crippen molar-refractivity contribution in [3.05, 3.63) is 84.3 Å². The molecule has 1 N–H and O–H groups in total. The molecule has 0 saturated heterocycles. The van der Waals surface area contributed by atoms with E-state index in [4.69, 9.17) is 4.98 Å². The Balaban J connectivity index is 1.85. The first-order valence-electron chi connectivity index (χ1n) is 8.64. The van der Waals surface area contributed by atoms with Gasteiger partial charge in [0.2, 0.25) is 10.0 Å². The summed E-state index contributed by atoms with van der Waals surface area (Å²) in [4.78, 5) is 9.14. The quantitative estimate of drug-likeness (QED) is 0.559. The molecule has 0 radical (unpaired) electrons. The van der Waals surface area contributed by atoms with Gasteiger partial charge in [-0.25, -0.2) is 18.4 Å². The molecule has 0 saturated carbocycles. The maximum Gasteiger partial charge on any atom is 0.229 e. The highest BCUT2D eigenvalue weighted by Crippen LogP contribution is 2.25. The standard InChI is InChI=1S/C21H18N4O2S/c1-28(26,27)24-17-11-12-19-18(15-17)23-21(13-10-16-7-3-2-4-8-16)25(19)20-9-5-6-14-22-20/h2-15,24H,1H3/b13-10+. The Morgan fingerprint density at radius 2 is 1.75 bits per heavy atom. The Bertz CT molecular complexity index is 1250. The molecule has 0 atom stereocenters. The maximum atomic E-state index is 11.5. The minimum atomic E-state index is -3.36. The van der Waals surface area contributed by atoms with Crippen molar-refractivity contribution >= 4 is 38.9 Å². The van der Waals surface area contributed by atoms with Gasteiger partial charge in [0.15, 0.2) is 0 Å². The van der Waals surface area contributed by atoms with Crippen molar-refractivity contribution in [3.63, 3.8) is 0 Å². The molecule has 2 aromatic heterocycles. The van der Waals surface area contributed by atoms with Gasteiger partial charge in [-0.15, -0.1) is 0 Å². The molecule has 28 heavy (non-hydrogen) atoms. The number of rotatable bonds is 5. The Morgan fingerprint density at radius 3 is 2.46 bits per heavy atom. The molecule has 0 bridgehead atoms. The van der Waals surface area contributed by atoms with Crippen LogP contribution in [0.2, 0.25) is 0 Å². The van der Waals surface area contributed by atoms with Crippen molar-refractivity contribution in [2.45, 2.75) is 0 Å². The monoisotopic (exact) mass is 390 g/mol. The molecule has 0 amide bonds. The molecule has 6 nitrogen and oxygen atoms in total. The average molecular weight is 390 g/mol. The number of imidazole rings is 1. The van der Waals surface area contributed by atoms with Gasteiger partial charge in [0.05, 0.1) is 23.0 Å². The van der Waals surface area contributed by atoms with E-state index in [1.165, 1.54) is 0 Å². The van der Waals surface area contributed by atoms with Gasteiger partial charge >= 0.3 is 0 Å². The number of benzene rings is 2. The highest BCUT2D eigenvalue weighted by molar-refractivity contribution is 7.92. The van der Waals surface area contributed by atoms with Crippen LogP contribution in [-0.2, 0) is 10.0 Å². The molecule has 2 heterocycles. The molecule has 0 fully saturated rings. The van der Waals surface area contributed by atoms with Crippen molar-refractivity contribution in [1.82, 2.24) is 14.5 Å². The summed E-state index contributed by atoms with van der Waals surface area (Å²) >= 11 is 0. The Labute approximate surface area is 163 Å². The molecular formula is C21H18N4O2S. The van der Waals surface area contributed by atoms with E-state index in [2.05, 4.69) is 9.71 Å². The molecule has 4 rings (SSSR count). The van der Waals surface area contributed by atoms with Crippen LogP contribution >= 0.6 is 0 Å². The summed E-state index contributed by atoms with van der Waals surface area (Å²) in [6.45, 7) is 0. The molecule has 0 aliphatic heterocycles. The van der Waals surface area contributed by atoms with Gasteiger partial charge in [-0.3, -0.25) is 9.29 Å². The average Bonchev–Trinajstić information content (AvgIpc) is 3.04. The topological polar surface area (TPSA) is 76.9 Å². The van der Waals surface area contributed by atoms with E-state index >= 15 is 0 Å². The number of pyridine rings is 1. The lowest BCUT2D eigenvalue weighted by Gasteiger charge is -2.07. The minimum absolute atomic E-state index is 0.472. The van der Waals surface area contributed by atoms with Crippen LogP contribution in [0.1, 0.15) is 11.4 Å². The fourth-order valence-corrected chi connectivity index (χ4v) is 3.51. The van der Waals surface area contributed by atoms with Crippen LogP contribution in [0.15, 0.2) is 72.9 Å². The minimum Gasteiger partial charge on any atom is -0.284 e. The second-order valence-electron chi connectivity index (χ2n) is 6.32. The summed E-state index contributed by atoms with van der Waals surface area (Å²) in [5, 5.41) is 0. The van der Waals surface area contributed by atoms with Gasteiger partial charge in [0, 0.05) is 6.20 Å². The first-order valence-corrected chi connectivity index (χ1v) is 10.5. The second-order valence-corrected chi connectivity index (χ2v) is 8.06. The van der Waals surface area contributed by atoms with E-state index < -0.39 is 10.0 Å². The lowest BCUT2D eigenvalue weighted by atomic mass is 10.2. The fourth-order valence-electron chi connectivity index (χ4n) is 2.95. The van der Waals surface area contributed by atoms with Crippen molar-refractivity contribution in [2.24, 2.45) is 0 Å². The van der Waals surface area contributed by atoms with Crippen LogP contribution < -0.4 is 4.72 Å². The Kier molecular flexibility index (Phi) is 4.67. The summed E-state index contributed by atoms with van der Waals surface area (Å²) < 4.78 is 27.5. The van der Waals surface area contributed by atoms with E-state index in [0.29, 0.717) is 17.0 Å². The van der Waals surface area contributed by atoms with Crippen LogP contribution in [0.3, 0.4) is 0 Å². The first kappa shape index (κ1) is 17.9. The van der Waals surface area contributed by atoms with Crippen LogP contribution in [0, 0.1) is 0 Å². The molecule has 0 aliphatic carbocycles. The van der Waals surface area contributed by atoms with Crippen LogP contribution in [0.5, 0.6) is 0 Å². The van der Waals surface area contributed by atoms with Crippen molar-refractivity contribution in [2.75, 3.05) is 11.0 Å². The molecule has 140 valence electrons. The molecule has 4 aromatic rings. The Morgan fingerprint density at radius 1 is 0.964 bits per heavy atom. The number of nitrogens with one attached hydrogen (secondary N) is 1. The fraction of sp³-hybridized carbons (Fsp3) is 0.0476. The van der Waals surface area contributed by atoms with Gasteiger partial charge in [-0.1, -0.05) is 42.5 Å². The number of hydrogen-bond donors (Lipinski definition) is 1. The Hall–Kier alpha value is -3.45. The van der Waals surface area contributed by atoms with Crippen LogP contribution in [-0.4, -0.2) is 29.2 Å². The zero-order valence-corrected chi connectivity index (χ0v) is 16.0. The zero-order valence-electron chi connectivity index (χ0n) is 15.1. The summed E-state index contributed by atoms with van der Waals surface area (Å²) in [6.07, 6.45) is 6.76. The number of nitrogens with zero attached hydrogens (tertiary/aromatic N) is 3. The van der Waals surface area contributed by atoms with E-state index in [0.717, 1.165) is 23.2 Å². The van der Waals surface area contributed by atoms with Gasteiger partial charge in [0.25, 0.3) is 0 Å². The largest absolute Gasteiger partial charge is 0.284 e. The zero-order chi connectivity index (χ0) is 19.6. The van der Waals surface area contributed by atoms with Crippen molar-refractivity contribution < 1.29 is 8.42 Å². The third kappa shape index (κ3) is 3.94. The van der Waals surface area contributed by atoms with Gasteiger partial charge < -0.3 is 0 Å². The summed E-state index contributed by atoms with van der Waals surface area (Å²) in [6, 6.07) is 20.9. The predicted octanol–water partition coefficient (Wildman–Crippen LogP) is 3.96. The van der Waals surface area contributed by atoms with Gasteiger partial charge in [-0.2, -0.15) is 0 Å². The number of anilines is 1. The number of aromatic nitrogens is 3. The van der Waals surface area contributed by atoms with E-state index in [1.807, 2.05) is 71.3 Å². The van der Waals surface area contributed by atoms with E-state index in [9.17, 15) is 8.42 Å². The summed E-state index contributed by atoms with van der Waals surface area (Å²) in [5.41, 5.74) is 3.04. The SMILES string of the molecule is CS(=O)(=O)Nc1ccc2c(c1)nc(/C=C/c1ccccc1)n2-c1ccccn1. The predicted molar refractivity (Wildman–Crippen MR) is 113 cm³/mol. The van der Waals surface area contributed by atoms with Crippen LogP contribution in [0.25, 0.3) is 29.0 Å². The number of hydrogen-bond acceptors (Lipinski definition) is 4. The van der Waals surface area contributed by atoms with E-state index in [-0.39, 0.29) is 0 Å². The lowest BCUT2D eigenvalue weighted by molar-refractivity contribution is 0.607. The second kappa shape index (κ2) is 7.28. The molecule has 2 aromatic carbocycles. The third-order valence-electron chi connectivity index (χ3n) is 4.09. The van der Waals surface area contributed by atoms with Crippen molar-refractivity contribution in [1.29, 1.82) is 0 Å². The smallest absolute Gasteiger partial charge is 0.229 e. The molecule has 0 spiro atoms. The van der Waals surface area contributed by atoms with Gasteiger partial charge in [-0.05, 0) is 42.0 Å². The highest BCUT2D eigenvalue weighted by atomic mass is 32.2. The van der Waals surface area contributed by atoms with Crippen molar-refractivity contribution in [3.8, 4) is 5.82 Å². The normalized spacial score (nSPS) is 11.9. The third-order valence-corrected chi connectivity index (χ3v) is 4.69. The highest BCUT2D eigenvalue weighted by Gasteiger charge is 2.13. The summed E-state index contributed by atoms with van der Waals surface area (Å²) in [5.74, 6) is 1.44. The number of sulfonamides is 1. The van der Waals surface area contributed by atoms with E-state index in [1.54, 1.807) is 18.3 Å². The lowest BCUT2D eigenvalue weighted by Crippen LogP contribution is -2.09. The summed E-state index contributed by atoms with van der Waals surface area (Å²) in [7, 11) is -3.36. The maximum absolute atomic E-state index is 11.5. The number of fused-ring (bicyclic) bond motifs is 1. The van der Waals surface area contributed by atoms with Crippen LogP contribution in [0.4, 0.5) is 5.69 Å². The molecule has 7 heteroatoms. The molecule has 0 aliphatic rings.